The topological polar surface area (TPSA) is 58.6 Å². The maximum Gasteiger partial charge on any atom is 0.261 e. The largest absolute Gasteiger partial charge is 0.482 e. The summed E-state index contributed by atoms with van der Waals surface area (Å²) in [4.78, 5) is 28.7. The van der Waals surface area contributed by atoms with E-state index in [0.29, 0.717) is 32.8 Å². The maximum absolute atomic E-state index is 13.7. The smallest absolute Gasteiger partial charge is 0.261 e. The van der Waals surface area contributed by atoms with Crippen LogP contribution in [0.3, 0.4) is 0 Å². The minimum Gasteiger partial charge on any atom is -0.482 e. The summed E-state index contributed by atoms with van der Waals surface area (Å²) in [5.74, 6) is -0.403. The number of halogens is 4. The number of hydrogen-bond donors (Lipinski definition) is 1. The van der Waals surface area contributed by atoms with Crippen LogP contribution in [-0.4, -0.2) is 35.4 Å². The molecule has 0 aliphatic carbocycles. The number of ether oxygens (including phenoxy) is 1. The monoisotopic (exact) mass is 580 g/mol. The van der Waals surface area contributed by atoms with E-state index in [1.165, 1.54) is 11.0 Å². The SMILES string of the molecule is CCC(C)NC(=O)C(Cc1ccccc1)N(Cc1c(Cl)cccc1Cl)C(=O)COc1ccc(Cl)cc1Cl. The zero-order valence-electron chi connectivity index (χ0n) is 20.5. The lowest BCUT2D eigenvalue weighted by molar-refractivity contribution is -0.143. The van der Waals surface area contributed by atoms with E-state index < -0.39 is 11.9 Å². The number of amides is 2. The molecule has 0 spiro atoms. The van der Waals surface area contributed by atoms with Gasteiger partial charge >= 0.3 is 0 Å². The van der Waals surface area contributed by atoms with Crippen LogP contribution < -0.4 is 10.1 Å². The molecule has 0 aromatic heterocycles. The summed E-state index contributed by atoms with van der Waals surface area (Å²) in [6.45, 7) is 3.55. The fraction of sp³-hybridized carbons (Fsp3) is 0.286. The summed E-state index contributed by atoms with van der Waals surface area (Å²) in [5.41, 5.74) is 1.44. The molecule has 0 saturated carbocycles. The number of nitrogens with zero attached hydrogens (tertiary/aromatic N) is 1. The van der Waals surface area contributed by atoms with Gasteiger partial charge in [-0.25, -0.2) is 0 Å². The van der Waals surface area contributed by atoms with Crippen LogP contribution in [0.2, 0.25) is 20.1 Å². The Morgan fingerprint density at radius 2 is 1.59 bits per heavy atom. The first-order chi connectivity index (χ1) is 17.7. The Morgan fingerprint density at radius 3 is 2.22 bits per heavy atom. The lowest BCUT2D eigenvalue weighted by Crippen LogP contribution is -2.53. The molecule has 0 saturated heterocycles. The highest BCUT2D eigenvalue weighted by Crippen LogP contribution is 2.29. The van der Waals surface area contributed by atoms with E-state index in [1.807, 2.05) is 44.2 Å². The molecule has 0 heterocycles. The molecule has 0 aliphatic rings. The molecule has 3 aromatic rings. The van der Waals surface area contributed by atoms with E-state index in [4.69, 9.17) is 51.1 Å². The highest BCUT2D eigenvalue weighted by molar-refractivity contribution is 6.36. The van der Waals surface area contributed by atoms with Crippen molar-refractivity contribution in [2.75, 3.05) is 6.61 Å². The maximum atomic E-state index is 13.7. The number of carbonyl (C=O) groups excluding carboxylic acids is 2. The standard InChI is InChI=1S/C28H28Cl4N2O3/c1-3-18(2)33-28(36)25(14-19-8-5-4-6-9-19)34(16-21-22(30)10-7-11-23(21)31)27(35)17-37-26-13-12-20(29)15-24(26)32/h4-13,15,18,25H,3,14,16-17H2,1-2H3,(H,33,36). The Balaban J connectivity index is 1.97. The van der Waals surface area contributed by atoms with Crippen molar-refractivity contribution in [2.24, 2.45) is 0 Å². The van der Waals surface area contributed by atoms with Crippen LogP contribution in [0.5, 0.6) is 5.75 Å². The minimum absolute atomic E-state index is 0.0144. The summed E-state index contributed by atoms with van der Waals surface area (Å²) in [6.07, 6.45) is 1.03. The van der Waals surface area contributed by atoms with E-state index in [9.17, 15) is 9.59 Å². The van der Waals surface area contributed by atoms with Crippen molar-refractivity contribution in [1.29, 1.82) is 0 Å². The van der Waals surface area contributed by atoms with E-state index >= 15 is 0 Å². The van der Waals surface area contributed by atoms with Crippen molar-refractivity contribution < 1.29 is 14.3 Å². The van der Waals surface area contributed by atoms with Gasteiger partial charge < -0.3 is 15.0 Å². The van der Waals surface area contributed by atoms with Gasteiger partial charge in [0, 0.05) is 39.6 Å². The van der Waals surface area contributed by atoms with Crippen LogP contribution in [0.15, 0.2) is 66.7 Å². The number of hydrogen-bond acceptors (Lipinski definition) is 3. The van der Waals surface area contributed by atoms with Gasteiger partial charge in [0.1, 0.15) is 11.8 Å². The summed E-state index contributed by atoms with van der Waals surface area (Å²) < 4.78 is 5.74. The van der Waals surface area contributed by atoms with E-state index in [2.05, 4.69) is 5.32 Å². The van der Waals surface area contributed by atoms with Crippen LogP contribution in [0.4, 0.5) is 0 Å². The Labute approximate surface area is 237 Å². The summed E-state index contributed by atoms with van der Waals surface area (Å²) in [6, 6.07) is 18.4. The quantitative estimate of drug-likeness (QED) is 0.260. The molecule has 2 atom stereocenters. The minimum atomic E-state index is -0.847. The molecule has 1 N–H and O–H groups in total. The third-order valence-electron chi connectivity index (χ3n) is 5.91. The predicted octanol–water partition coefficient (Wildman–Crippen LogP) is 7.23. The Morgan fingerprint density at radius 1 is 0.919 bits per heavy atom. The molecule has 3 aromatic carbocycles. The second-order valence-electron chi connectivity index (χ2n) is 8.61. The highest BCUT2D eigenvalue weighted by Gasteiger charge is 2.32. The van der Waals surface area contributed by atoms with Gasteiger partial charge in [0.05, 0.1) is 5.02 Å². The molecule has 0 fully saturated rings. The van der Waals surface area contributed by atoms with Gasteiger partial charge in [0.15, 0.2) is 6.61 Å². The first-order valence-corrected chi connectivity index (χ1v) is 13.3. The van der Waals surface area contributed by atoms with Gasteiger partial charge in [-0.1, -0.05) is 89.7 Å². The highest BCUT2D eigenvalue weighted by atomic mass is 35.5. The summed E-state index contributed by atoms with van der Waals surface area (Å²) >= 11 is 25.1. The summed E-state index contributed by atoms with van der Waals surface area (Å²) in [7, 11) is 0. The third kappa shape index (κ3) is 8.27. The fourth-order valence-corrected chi connectivity index (χ4v) is 4.64. The van der Waals surface area contributed by atoms with Crippen LogP contribution in [0, 0.1) is 0 Å². The van der Waals surface area contributed by atoms with Crippen LogP contribution in [-0.2, 0) is 22.6 Å². The average Bonchev–Trinajstić information content (AvgIpc) is 2.87. The zero-order chi connectivity index (χ0) is 26.9. The van der Waals surface area contributed by atoms with E-state index in [-0.39, 0.29) is 30.1 Å². The number of carbonyl (C=O) groups is 2. The van der Waals surface area contributed by atoms with Gasteiger partial charge in [0.25, 0.3) is 5.91 Å². The van der Waals surface area contributed by atoms with Crippen molar-refractivity contribution in [3.8, 4) is 5.75 Å². The van der Waals surface area contributed by atoms with Gasteiger partial charge in [-0.2, -0.15) is 0 Å². The molecular weight excluding hydrogens is 554 g/mol. The lowest BCUT2D eigenvalue weighted by Gasteiger charge is -2.32. The molecule has 0 bridgehead atoms. The summed E-state index contributed by atoms with van der Waals surface area (Å²) in [5, 5.41) is 4.53. The molecular formula is C28H28Cl4N2O3. The molecule has 2 unspecified atom stereocenters. The Bertz CT molecular complexity index is 1200. The molecule has 37 heavy (non-hydrogen) atoms. The van der Waals surface area contributed by atoms with Crippen LogP contribution in [0.1, 0.15) is 31.4 Å². The molecule has 5 nitrogen and oxygen atoms in total. The molecule has 0 radical (unpaired) electrons. The molecule has 196 valence electrons. The van der Waals surface area contributed by atoms with Gasteiger partial charge in [-0.3, -0.25) is 9.59 Å². The van der Waals surface area contributed by atoms with Gasteiger partial charge in [-0.15, -0.1) is 0 Å². The van der Waals surface area contributed by atoms with Gasteiger partial charge in [-0.05, 0) is 49.2 Å². The van der Waals surface area contributed by atoms with E-state index in [0.717, 1.165) is 12.0 Å². The van der Waals surface area contributed by atoms with Crippen molar-refractivity contribution >= 4 is 58.2 Å². The predicted molar refractivity (Wildman–Crippen MR) is 151 cm³/mol. The van der Waals surface area contributed by atoms with Crippen molar-refractivity contribution in [3.05, 3.63) is 97.9 Å². The molecule has 0 aliphatic heterocycles. The second-order valence-corrected chi connectivity index (χ2v) is 10.3. The van der Waals surface area contributed by atoms with Crippen molar-refractivity contribution in [1.82, 2.24) is 10.2 Å². The van der Waals surface area contributed by atoms with Gasteiger partial charge in [0.2, 0.25) is 5.91 Å². The Kier molecular flexibility index (Phi) is 11.0. The fourth-order valence-electron chi connectivity index (χ4n) is 3.66. The van der Waals surface area contributed by atoms with Crippen molar-refractivity contribution in [3.63, 3.8) is 0 Å². The second kappa shape index (κ2) is 13.9. The molecule has 9 heteroatoms. The average molecular weight is 582 g/mol. The lowest BCUT2D eigenvalue weighted by atomic mass is 10.0. The normalized spacial score (nSPS) is 12.5. The zero-order valence-corrected chi connectivity index (χ0v) is 23.5. The Hall–Kier alpha value is -2.44. The first kappa shape index (κ1) is 29.1. The third-order valence-corrected chi connectivity index (χ3v) is 7.15. The number of benzene rings is 3. The first-order valence-electron chi connectivity index (χ1n) is 11.8. The van der Waals surface area contributed by atoms with E-state index in [1.54, 1.807) is 30.3 Å². The van der Waals surface area contributed by atoms with Crippen molar-refractivity contribution in [2.45, 2.75) is 45.3 Å². The van der Waals surface area contributed by atoms with Crippen LogP contribution in [0.25, 0.3) is 0 Å². The number of nitrogens with one attached hydrogen (secondary N) is 1. The number of rotatable bonds is 11. The molecule has 2 amide bonds. The van der Waals surface area contributed by atoms with Crippen LogP contribution >= 0.6 is 46.4 Å². The molecule has 3 rings (SSSR count).